The summed E-state index contributed by atoms with van der Waals surface area (Å²) in [7, 11) is -4.43. The van der Waals surface area contributed by atoms with Gasteiger partial charge in [-0.1, -0.05) is 134 Å². The van der Waals surface area contributed by atoms with Gasteiger partial charge in [0.05, 0.1) is 17.9 Å². The fourth-order valence-corrected chi connectivity index (χ4v) is 5.59. The van der Waals surface area contributed by atoms with Crippen LogP contribution in [0.15, 0.2) is 24.3 Å². The van der Waals surface area contributed by atoms with E-state index in [2.05, 4.69) is 31.3 Å². The Morgan fingerprint density at radius 3 is 1.54 bits per heavy atom. The molecule has 1 amide bonds. The number of hydrogen-bond donors (Lipinski definition) is 4. The van der Waals surface area contributed by atoms with Crippen molar-refractivity contribution in [3.05, 3.63) is 24.3 Å². The Morgan fingerprint density at radius 1 is 0.659 bits per heavy atom. The van der Waals surface area contributed by atoms with Crippen molar-refractivity contribution in [2.24, 2.45) is 0 Å². The van der Waals surface area contributed by atoms with Crippen molar-refractivity contribution < 1.29 is 28.0 Å². The molecule has 0 saturated carbocycles. The molecule has 0 spiro atoms. The third-order valence-electron chi connectivity index (χ3n) is 7.48. The second-order valence-corrected chi connectivity index (χ2v) is 13.1. The van der Waals surface area contributed by atoms with E-state index >= 15 is 0 Å². The highest BCUT2D eigenvalue weighted by Gasteiger charge is 2.27. The van der Waals surface area contributed by atoms with Crippen LogP contribution >= 0.6 is 0 Å². The van der Waals surface area contributed by atoms with Gasteiger partial charge in [-0.3, -0.25) is 9.35 Å². The number of carbonyl (C=O) groups excluding carboxylic acids is 1. The molecular weight excluding hydrogens is 538 g/mol. The van der Waals surface area contributed by atoms with Gasteiger partial charge in [0.1, 0.15) is 6.10 Å². The summed E-state index contributed by atoms with van der Waals surface area (Å²) < 4.78 is 32.2. The molecule has 0 aromatic heterocycles. The molecule has 0 fully saturated rings. The van der Waals surface area contributed by atoms with Gasteiger partial charge in [0.15, 0.2) is 0 Å². The summed E-state index contributed by atoms with van der Waals surface area (Å²) >= 11 is 0. The van der Waals surface area contributed by atoms with E-state index < -0.39 is 40.0 Å². The first-order chi connectivity index (χ1) is 19.7. The minimum absolute atomic E-state index is 0.273. The van der Waals surface area contributed by atoms with E-state index in [1.165, 1.54) is 89.5 Å². The van der Waals surface area contributed by atoms with Gasteiger partial charge in [0.25, 0.3) is 10.1 Å². The van der Waals surface area contributed by atoms with Gasteiger partial charge in [-0.2, -0.15) is 8.42 Å². The minimum Gasteiger partial charge on any atom is -0.387 e. The molecule has 0 aliphatic carbocycles. The van der Waals surface area contributed by atoms with Crippen molar-refractivity contribution in [2.75, 3.05) is 5.75 Å². The van der Waals surface area contributed by atoms with Crippen molar-refractivity contribution >= 4 is 16.0 Å². The molecular formula is C33H63NO6S. The van der Waals surface area contributed by atoms with E-state index in [0.29, 0.717) is 6.42 Å². The molecule has 0 bridgehead atoms. The molecule has 0 heterocycles. The van der Waals surface area contributed by atoms with Crippen LogP contribution in [0.3, 0.4) is 0 Å². The lowest BCUT2D eigenvalue weighted by Gasteiger charge is -2.22. The summed E-state index contributed by atoms with van der Waals surface area (Å²) in [6, 6.07) is -1.23. The molecule has 0 aromatic carbocycles. The van der Waals surface area contributed by atoms with E-state index in [-0.39, 0.29) is 6.42 Å². The van der Waals surface area contributed by atoms with Gasteiger partial charge in [0.2, 0.25) is 5.91 Å². The monoisotopic (exact) mass is 601 g/mol. The lowest BCUT2D eigenvalue weighted by atomic mass is 10.0. The average molecular weight is 602 g/mol. The van der Waals surface area contributed by atoms with E-state index in [4.69, 9.17) is 0 Å². The van der Waals surface area contributed by atoms with Crippen LogP contribution in [0.4, 0.5) is 0 Å². The highest BCUT2D eigenvalue weighted by atomic mass is 32.2. The summed E-state index contributed by atoms with van der Waals surface area (Å²) in [6.45, 7) is 4.42. The first kappa shape index (κ1) is 39.8. The number of aliphatic hydroxyl groups excluding tert-OH is 2. The predicted octanol–water partition coefficient (Wildman–Crippen LogP) is 7.82. The molecule has 41 heavy (non-hydrogen) atoms. The SMILES string of the molecule is CCCCCCCC/C=C\CCCCCCCCC(O)C(=O)NC(CS(=O)(=O)O)C(O)/C=C/CCCCCCCC. The standard InChI is InChI=1S/C33H63NO6S/c1-3-5-7-9-11-13-14-15-16-17-18-19-20-22-24-26-28-32(36)33(37)34-30(29-41(38,39)40)31(35)27-25-23-21-12-10-8-6-4-2/h15-16,25,27,30-32,35-36H,3-14,17-24,26,28-29H2,1-2H3,(H,34,37)(H,38,39,40)/b16-15-,27-25+. The van der Waals surface area contributed by atoms with Crippen molar-refractivity contribution in [3.8, 4) is 0 Å². The van der Waals surface area contributed by atoms with E-state index in [9.17, 15) is 28.0 Å². The van der Waals surface area contributed by atoms with Crippen LogP contribution in [0, 0.1) is 0 Å². The highest BCUT2D eigenvalue weighted by Crippen LogP contribution is 2.13. The number of allylic oxidation sites excluding steroid dienone is 3. The average Bonchev–Trinajstić information content (AvgIpc) is 2.92. The molecule has 0 aliphatic heterocycles. The summed E-state index contributed by atoms with van der Waals surface area (Å²) in [5, 5.41) is 23.1. The molecule has 3 atom stereocenters. The van der Waals surface area contributed by atoms with E-state index in [0.717, 1.165) is 44.9 Å². The molecule has 0 saturated heterocycles. The lowest BCUT2D eigenvalue weighted by molar-refractivity contribution is -0.130. The second-order valence-electron chi connectivity index (χ2n) is 11.6. The number of nitrogens with one attached hydrogen (secondary N) is 1. The molecule has 3 unspecified atom stereocenters. The Labute approximate surface area is 252 Å². The zero-order chi connectivity index (χ0) is 30.6. The van der Waals surface area contributed by atoms with Crippen LogP contribution in [-0.2, 0) is 14.9 Å². The molecule has 4 N–H and O–H groups in total. The third kappa shape index (κ3) is 27.4. The van der Waals surface area contributed by atoms with Gasteiger partial charge < -0.3 is 15.5 Å². The molecule has 8 heteroatoms. The number of rotatable bonds is 29. The molecule has 242 valence electrons. The van der Waals surface area contributed by atoms with Crippen molar-refractivity contribution in [3.63, 3.8) is 0 Å². The summed E-state index contributed by atoms with van der Waals surface area (Å²) in [5.41, 5.74) is 0. The predicted molar refractivity (Wildman–Crippen MR) is 172 cm³/mol. The minimum atomic E-state index is -4.43. The van der Waals surface area contributed by atoms with Crippen LogP contribution in [0.1, 0.15) is 155 Å². The quantitative estimate of drug-likeness (QED) is 0.0394. The highest BCUT2D eigenvalue weighted by molar-refractivity contribution is 7.85. The Kier molecular flexibility index (Phi) is 26.8. The maximum atomic E-state index is 12.5. The number of hydrogen-bond acceptors (Lipinski definition) is 5. The fourth-order valence-electron chi connectivity index (χ4n) is 4.86. The summed E-state index contributed by atoms with van der Waals surface area (Å²) in [5.74, 6) is -1.54. The van der Waals surface area contributed by atoms with Gasteiger partial charge in [-0.25, -0.2) is 0 Å². The fraction of sp³-hybridized carbons (Fsp3) is 0.848. The van der Waals surface area contributed by atoms with Crippen molar-refractivity contribution in [1.82, 2.24) is 5.32 Å². The van der Waals surface area contributed by atoms with Crippen LogP contribution in [0.25, 0.3) is 0 Å². The van der Waals surface area contributed by atoms with Gasteiger partial charge in [0, 0.05) is 0 Å². The molecule has 0 aromatic rings. The number of amides is 1. The summed E-state index contributed by atoms with van der Waals surface area (Å²) in [6.07, 6.45) is 29.6. The number of unbranched alkanes of at least 4 members (excludes halogenated alkanes) is 18. The zero-order valence-corrected chi connectivity index (χ0v) is 27.1. The van der Waals surface area contributed by atoms with Crippen molar-refractivity contribution in [2.45, 2.75) is 173 Å². The van der Waals surface area contributed by atoms with Crippen LogP contribution in [0.2, 0.25) is 0 Å². The van der Waals surface area contributed by atoms with E-state index in [1.54, 1.807) is 6.08 Å². The van der Waals surface area contributed by atoms with Crippen LogP contribution < -0.4 is 5.32 Å². The maximum Gasteiger partial charge on any atom is 0.267 e. The smallest absolute Gasteiger partial charge is 0.267 e. The molecule has 0 aliphatic rings. The third-order valence-corrected chi connectivity index (χ3v) is 8.26. The number of aliphatic hydroxyl groups is 2. The Balaban J connectivity index is 4.11. The normalized spacial score (nSPS) is 14.6. The first-order valence-electron chi connectivity index (χ1n) is 16.6. The van der Waals surface area contributed by atoms with Gasteiger partial charge >= 0.3 is 0 Å². The topological polar surface area (TPSA) is 124 Å². The maximum absolute atomic E-state index is 12.5. The van der Waals surface area contributed by atoms with Crippen molar-refractivity contribution in [1.29, 1.82) is 0 Å². The van der Waals surface area contributed by atoms with Crippen LogP contribution in [-0.4, -0.2) is 53.1 Å². The Hall–Kier alpha value is -1.22. The van der Waals surface area contributed by atoms with E-state index in [1.807, 2.05) is 0 Å². The number of carbonyl (C=O) groups is 1. The van der Waals surface area contributed by atoms with Gasteiger partial charge in [-0.15, -0.1) is 0 Å². The lowest BCUT2D eigenvalue weighted by Crippen LogP contribution is -2.50. The molecule has 0 rings (SSSR count). The van der Waals surface area contributed by atoms with Gasteiger partial charge in [-0.05, 0) is 44.9 Å². The second kappa shape index (κ2) is 27.6. The van der Waals surface area contributed by atoms with Crippen LogP contribution in [0.5, 0.6) is 0 Å². The molecule has 0 radical (unpaired) electrons. The molecule has 7 nitrogen and oxygen atoms in total. The summed E-state index contributed by atoms with van der Waals surface area (Å²) in [4.78, 5) is 12.5. The Morgan fingerprint density at radius 2 is 1.07 bits per heavy atom. The first-order valence-corrected chi connectivity index (χ1v) is 18.3. The Bertz CT molecular complexity index is 768. The zero-order valence-electron chi connectivity index (χ0n) is 26.3. The largest absolute Gasteiger partial charge is 0.387 e.